The Balaban J connectivity index is 1.43. The molecule has 4 saturated carbocycles. The van der Waals surface area contributed by atoms with Crippen molar-refractivity contribution in [1.29, 1.82) is 0 Å². The van der Waals surface area contributed by atoms with Gasteiger partial charge in [0.1, 0.15) is 11.5 Å². The van der Waals surface area contributed by atoms with E-state index in [1.54, 1.807) is 25.3 Å². The zero-order valence-electron chi connectivity index (χ0n) is 15.3. The van der Waals surface area contributed by atoms with Crippen molar-refractivity contribution in [3.05, 3.63) is 23.8 Å². The van der Waals surface area contributed by atoms with E-state index in [0.717, 1.165) is 17.8 Å². The van der Waals surface area contributed by atoms with Gasteiger partial charge in [0.05, 0.1) is 19.8 Å². The second kappa shape index (κ2) is 6.72. The first-order valence-electron chi connectivity index (χ1n) is 9.36. The lowest BCUT2D eigenvalue weighted by Crippen LogP contribution is -2.61. The largest absolute Gasteiger partial charge is 0.497 e. The van der Waals surface area contributed by atoms with Crippen LogP contribution in [-0.2, 0) is 0 Å². The Bertz CT molecular complexity index is 698. The Kier molecular flexibility index (Phi) is 4.55. The average molecular weight is 375 g/mol. The molecule has 0 aromatic heterocycles. The highest BCUT2D eigenvalue weighted by atomic mass is 32.1. The van der Waals surface area contributed by atoms with Crippen LogP contribution in [0, 0.1) is 17.8 Å². The summed E-state index contributed by atoms with van der Waals surface area (Å²) in [5.41, 5.74) is 0.534. The Labute approximate surface area is 159 Å². The van der Waals surface area contributed by atoms with Gasteiger partial charge in [-0.2, -0.15) is 0 Å². The molecule has 0 heterocycles. The average Bonchev–Trinajstić information content (AvgIpc) is 2.59. The summed E-state index contributed by atoms with van der Waals surface area (Å²) >= 11 is 5.49. The molecule has 26 heavy (non-hydrogen) atoms. The van der Waals surface area contributed by atoms with Gasteiger partial charge in [-0.05, 0) is 80.6 Å². The zero-order chi connectivity index (χ0) is 18.3. The molecular formula is C20H26N2O3S. The minimum atomic E-state index is -0.258. The lowest BCUT2D eigenvalue weighted by molar-refractivity contribution is -0.0101. The summed E-state index contributed by atoms with van der Waals surface area (Å²) in [5, 5.41) is 6.79. The molecule has 4 fully saturated rings. The fourth-order valence-electron chi connectivity index (χ4n) is 5.69. The van der Waals surface area contributed by atoms with Crippen LogP contribution in [0.15, 0.2) is 18.2 Å². The quantitative estimate of drug-likeness (QED) is 0.792. The summed E-state index contributed by atoms with van der Waals surface area (Å²) in [6, 6.07) is 5.14. The molecule has 0 saturated heterocycles. The lowest BCUT2D eigenvalue weighted by Gasteiger charge is -2.57. The SMILES string of the molecule is COc1ccc(C(=O)NC(=S)NC23CC4CC(CC(C4)C2)C3)c(OC)c1. The van der Waals surface area contributed by atoms with Crippen molar-refractivity contribution in [2.75, 3.05) is 14.2 Å². The highest BCUT2D eigenvalue weighted by Gasteiger charge is 2.51. The van der Waals surface area contributed by atoms with Crippen molar-refractivity contribution >= 4 is 23.2 Å². The Morgan fingerprint density at radius 1 is 1.08 bits per heavy atom. The van der Waals surface area contributed by atoms with Gasteiger partial charge in [-0.3, -0.25) is 10.1 Å². The number of ether oxygens (including phenoxy) is 2. The topological polar surface area (TPSA) is 59.6 Å². The molecule has 1 aromatic rings. The number of rotatable bonds is 4. The zero-order valence-corrected chi connectivity index (χ0v) is 16.2. The van der Waals surface area contributed by atoms with Gasteiger partial charge in [0.15, 0.2) is 5.11 Å². The van der Waals surface area contributed by atoms with Crippen LogP contribution in [-0.4, -0.2) is 30.8 Å². The standard InChI is InChI=1S/C20H26N2O3S/c1-24-15-3-4-16(17(8-15)25-2)18(23)21-19(26)22-20-9-12-5-13(10-20)7-14(6-12)11-20/h3-4,8,12-14H,5-7,9-11H2,1-2H3,(H2,21,22,23,26). The van der Waals surface area contributed by atoms with Gasteiger partial charge in [0, 0.05) is 11.6 Å². The summed E-state index contributed by atoms with van der Waals surface area (Å²) in [6.07, 6.45) is 7.68. The molecule has 4 bridgehead atoms. The molecule has 1 amide bonds. The first-order valence-corrected chi connectivity index (χ1v) is 9.76. The molecule has 1 aromatic carbocycles. The molecule has 0 aliphatic heterocycles. The molecule has 5 nitrogen and oxygen atoms in total. The van der Waals surface area contributed by atoms with Crippen LogP contribution in [0.3, 0.4) is 0 Å². The van der Waals surface area contributed by atoms with Gasteiger partial charge in [-0.25, -0.2) is 0 Å². The third-order valence-corrected chi connectivity index (χ3v) is 6.50. The van der Waals surface area contributed by atoms with E-state index in [-0.39, 0.29) is 11.4 Å². The molecule has 140 valence electrons. The smallest absolute Gasteiger partial charge is 0.261 e. The minimum absolute atomic E-state index is 0.0864. The maximum absolute atomic E-state index is 12.7. The number of nitrogens with one attached hydrogen (secondary N) is 2. The maximum Gasteiger partial charge on any atom is 0.261 e. The molecule has 6 heteroatoms. The second-order valence-corrected chi connectivity index (χ2v) is 8.58. The summed E-state index contributed by atoms with van der Waals surface area (Å²) in [5.74, 6) is 3.34. The number of hydrogen-bond acceptors (Lipinski definition) is 4. The van der Waals surface area contributed by atoms with Gasteiger partial charge < -0.3 is 14.8 Å². The van der Waals surface area contributed by atoms with Crippen molar-refractivity contribution in [2.24, 2.45) is 17.8 Å². The highest BCUT2D eigenvalue weighted by molar-refractivity contribution is 7.80. The lowest BCUT2D eigenvalue weighted by atomic mass is 9.53. The summed E-state index contributed by atoms with van der Waals surface area (Å²) in [4.78, 5) is 12.7. The molecule has 2 N–H and O–H groups in total. The molecule has 0 radical (unpaired) electrons. The van der Waals surface area contributed by atoms with Gasteiger partial charge in [-0.1, -0.05) is 0 Å². The third-order valence-electron chi connectivity index (χ3n) is 6.30. The summed E-state index contributed by atoms with van der Waals surface area (Å²) < 4.78 is 10.5. The van der Waals surface area contributed by atoms with Crippen molar-refractivity contribution in [2.45, 2.75) is 44.1 Å². The van der Waals surface area contributed by atoms with Gasteiger partial charge in [0.2, 0.25) is 0 Å². The van der Waals surface area contributed by atoms with E-state index < -0.39 is 0 Å². The molecule has 0 unspecified atom stereocenters. The molecule has 5 rings (SSSR count). The predicted molar refractivity (Wildman–Crippen MR) is 104 cm³/mol. The number of methoxy groups -OCH3 is 2. The van der Waals surface area contributed by atoms with Crippen LogP contribution in [0.4, 0.5) is 0 Å². The van der Waals surface area contributed by atoms with Gasteiger partial charge >= 0.3 is 0 Å². The fraction of sp³-hybridized carbons (Fsp3) is 0.600. The van der Waals surface area contributed by atoms with Gasteiger partial charge in [-0.15, -0.1) is 0 Å². The van der Waals surface area contributed by atoms with E-state index in [1.165, 1.54) is 45.6 Å². The van der Waals surface area contributed by atoms with E-state index in [4.69, 9.17) is 21.7 Å². The number of hydrogen-bond donors (Lipinski definition) is 2. The summed E-state index contributed by atoms with van der Waals surface area (Å²) in [7, 11) is 3.12. The van der Waals surface area contributed by atoms with Crippen LogP contribution in [0.5, 0.6) is 11.5 Å². The van der Waals surface area contributed by atoms with E-state index >= 15 is 0 Å². The molecule has 0 atom stereocenters. The van der Waals surface area contributed by atoms with Crippen LogP contribution >= 0.6 is 12.2 Å². The van der Waals surface area contributed by atoms with E-state index in [2.05, 4.69) is 10.6 Å². The molecule has 4 aliphatic carbocycles. The fourth-order valence-corrected chi connectivity index (χ4v) is 6.00. The molecular weight excluding hydrogens is 348 g/mol. The van der Waals surface area contributed by atoms with Gasteiger partial charge in [0.25, 0.3) is 5.91 Å². The predicted octanol–water partition coefficient (Wildman–Crippen LogP) is 3.28. The van der Waals surface area contributed by atoms with Crippen molar-refractivity contribution in [1.82, 2.24) is 10.6 Å². The van der Waals surface area contributed by atoms with E-state index in [9.17, 15) is 4.79 Å². The minimum Gasteiger partial charge on any atom is -0.497 e. The number of thiocarbonyl (C=S) groups is 1. The van der Waals surface area contributed by atoms with Crippen LogP contribution in [0.2, 0.25) is 0 Å². The first-order chi connectivity index (χ1) is 12.5. The Morgan fingerprint density at radius 2 is 1.69 bits per heavy atom. The van der Waals surface area contributed by atoms with Crippen molar-refractivity contribution in [3.8, 4) is 11.5 Å². The highest BCUT2D eigenvalue weighted by Crippen LogP contribution is 2.55. The summed E-state index contributed by atoms with van der Waals surface area (Å²) in [6.45, 7) is 0. The monoisotopic (exact) mass is 374 g/mol. The van der Waals surface area contributed by atoms with E-state index in [1.807, 2.05) is 0 Å². The van der Waals surface area contributed by atoms with Crippen LogP contribution < -0.4 is 20.1 Å². The Morgan fingerprint density at radius 3 is 2.23 bits per heavy atom. The number of amides is 1. The number of carbonyl (C=O) groups is 1. The maximum atomic E-state index is 12.7. The normalized spacial score (nSPS) is 31.4. The van der Waals surface area contributed by atoms with E-state index in [0.29, 0.717) is 22.2 Å². The second-order valence-electron chi connectivity index (χ2n) is 8.17. The number of benzene rings is 1. The molecule has 4 aliphatic rings. The Hall–Kier alpha value is -1.82. The van der Waals surface area contributed by atoms with Crippen LogP contribution in [0.25, 0.3) is 0 Å². The van der Waals surface area contributed by atoms with Crippen LogP contribution in [0.1, 0.15) is 48.9 Å². The first kappa shape index (κ1) is 17.6. The number of carbonyl (C=O) groups excluding carboxylic acids is 1. The third kappa shape index (κ3) is 3.27. The van der Waals surface area contributed by atoms with Crippen molar-refractivity contribution < 1.29 is 14.3 Å². The molecule has 0 spiro atoms. The van der Waals surface area contributed by atoms with Crippen molar-refractivity contribution in [3.63, 3.8) is 0 Å².